The topological polar surface area (TPSA) is 60.0 Å². The van der Waals surface area contributed by atoms with Crippen LogP contribution in [-0.2, 0) is 15.1 Å². The number of morpholine rings is 1. The molecular formula is C19H26N2O4. The number of nitrogens with zero attached hydrogens (tertiary/aromatic N) is 1. The van der Waals surface area contributed by atoms with Crippen molar-refractivity contribution in [1.82, 2.24) is 10.2 Å². The van der Waals surface area contributed by atoms with Crippen LogP contribution in [0.15, 0.2) is 18.2 Å². The van der Waals surface area contributed by atoms with Crippen molar-refractivity contribution in [2.75, 3.05) is 46.1 Å². The van der Waals surface area contributed by atoms with Crippen LogP contribution in [0.3, 0.4) is 0 Å². The highest BCUT2D eigenvalue weighted by Gasteiger charge is 2.38. The second-order valence-electron chi connectivity index (χ2n) is 7.08. The van der Waals surface area contributed by atoms with E-state index in [9.17, 15) is 4.79 Å². The number of carbonyl (C=O) groups excluding carboxylic acids is 1. The highest BCUT2D eigenvalue weighted by atomic mass is 16.6. The van der Waals surface area contributed by atoms with E-state index in [1.165, 1.54) is 0 Å². The van der Waals surface area contributed by atoms with Crippen LogP contribution in [0.4, 0.5) is 0 Å². The molecule has 0 bridgehead atoms. The van der Waals surface area contributed by atoms with Gasteiger partial charge >= 0.3 is 0 Å². The van der Waals surface area contributed by atoms with Gasteiger partial charge in [-0.15, -0.1) is 0 Å². The monoisotopic (exact) mass is 346 g/mol. The van der Waals surface area contributed by atoms with Crippen LogP contribution in [0.1, 0.15) is 31.2 Å². The Bertz CT molecular complexity index is 622. The SMILES string of the molecule is O=C(CN1CCOCC1)NC1(c2ccc3c(c2)OCCO3)CCCC1. The van der Waals surface area contributed by atoms with Crippen LogP contribution < -0.4 is 14.8 Å². The molecule has 1 saturated carbocycles. The van der Waals surface area contributed by atoms with Crippen LogP contribution >= 0.6 is 0 Å². The zero-order valence-corrected chi connectivity index (χ0v) is 14.6. The zero-order valence-electron chi connectivity index (χ0n) is 14.6. The van der Waals surface area contributed by atoms with Crippen LogP contribution in [-0.4, -0.2) is 56.9 Å². The maximum Gasteiger partial charge on any atom is 0.234 e. The highest BCUT2D eigenvalue weighted by molar-refractivity contribution is 5.79. The number of rotatable bonds is 4. The van der Waals surface area contributed by atoms with E-state index in [1.54, 1.807) is 0 Å². The van der Waals surface area contributed by atoms with Gasteiger partial charge in [-0.2, -0.15) is 0 Å². The maximum absolute atomic E-state index is 12.7. The van der Waals surface area contributed by atoms with E-state index >= 15 is 0 Å². The normalized spacial score (nSPS) is 22.6. The molecule has 6 nitrogen and oxygen atoms in total. The fourth-order valence-electron chi connectivity index (χ4n) is 4.07. The van der Waals surface area contributed by atoms with Gasteiger partial charge in [0.25, 0.3) is 0 Å². The van der Waals surface area contributed by atoms with Crippen molar-refractivity contribution in [2.24, 2.45) is 0 Å². The molecule has 1 N–H and O–H groups in total. The Kier molecular flexibility index (Phi) is 4.81. The van der Waals surface area contributed by atoms with Gasteiger partial charge in [0.1, 0.15) is 13.2 Å². The summed E-state index contributed by atoms with van der Waals surface area (Å²) in [4.78, 5) is 14.8. The lowest BCUT2D eigenvalue weighted by Gasteiger charge is -2.34. The molecule has 6 heteroatoms. The quantitative estimate of drug-likeness (QED) is 0.899. The molecule has 0 atom stereocenters. The van der Waals surface area contributed by atoms with E-state index in [-0.39, 0.29) is 11.4 Å². The van der Waals surface area contributed by atoms with Crippen molar-refractivity contribution in [3.63, 3.8) is 0 Å². The van der Waals surface area contributed by atoms with Gasteiger partial charge in [0.2, 0.25) is 5.91 Å². The average molecular weight is 346 g/mol. The third kappa shape index (κ3) is 3.60. The lowest BCUT2D eigenvalue weighted by atomic mass is 9.87. The smallest absolute Gasteiger partial charge is 0.234 e. The fourth-order valence-corrected chi connectivity index (χ4v) is 4.07. The maximum atomic E-state index is 12.7. The predicted octanol–water partition coefficient (Wildman–Crippen LogP) is 1.68. The predicted molar refractivity (Wildman–Crippen MR) is 93.0 cm³/mol. The Hall–Kier alpha value is -1.79. The van der Waals surface area contributed by atoms with E-state index in [0.717, 1.165) is 55.8 Å². The summed E-state index contributed by atoms with van der Waals surface area (Å²) in [6, 6.07) is 6.10. The molecule has 1 saturated heterocycles. The van der Waals surface area contributed by atoms with Crippen LogP contribution in [0.2, 0.25) is 0 Å². The summed E-state index contributed by atoms with van der Waals surface area (Å²) in [7, 11) is 0. The lowest BCUT2D eigenvalue weighted by molar-refractivity contribution is -0.125. The minimum atomic E-state index is -0.279. The highest BCUT2D eigenvalue weighted by Crippen LogP contribution is 2.42. The summed E-state index contributed by atoms with van der Waals surface area (Å²) in [5, 5.41) is 3.34. The molecular weight excluding hydrogens is 320 g/mol. The van der Waals surface area contributed by atoms with Gasteiger partial charge < -0.3 is 19.5 Å². The fraction of sp³-hybridized carbons (Fsp3) is 0.632. The largest absolute Gasteiger partial charge is 0.486 e. The first kappa shape index (κ1) is 16.7. The standard InChI is InChI=1S/C19H26N2O4/c22-18(14-21-7-9-23-10-8-21)20-19(5-1-2-6-19)15-3-4-16-17(13-15)25-12-11-24-16/h3-4,13H,1-2,5-12,14H2,(H,20,22). The van der Waals surface area contributed by atoms with Crippen LogP contribution in [0.5, 0.6) is 11.5 Å². The van der Waals surface area contributed by atoms with Crippen molar-refractivity contribution in [3.8, 4) is 11.5 Å². The Morgan fingerprint density at radius 1 is 1.04 bits per heavy atom. The Labute approximate surface area is 148 Å². The number of carbonyl (C=O) groups is 1. The minimum absolute atomic E-state index is 0.0960. The molecule has 0 spiro atoms. The first-order valence-corrected chi connectivity index (χ1v) is 9.26. The van der Waals surface area contributed by atoms with Crippen LogP contribution in [0.25, 0.3) is 0 Å². The number of fused-ring (bicyclic) bond motifs is 1. The van der Waals surface area contributed by atoms with Crippen molar-refractivity contribution >= 4 is 5.91 Å². The van der Waals surface area contributed by atoms with Crippen molar-refractivity contribution < 1.29 is 19.0 Å². The van der Waals surface area contributed by atoms with Gasteiger partial charge in [0.05, 0.1) is 25.3 Å². The zero-order chi connectivity index (χ0) is 17.1. The molecule has 1 aromatic carbocycles. The molecule has 1 aromatic rings. The second kappa shape index (κ2) is 7.22. The van der Waals surface area contributed by atoms with Gasteiger partial charge in [-0.3, -0.25) is 9.69 Å². The summed E-state index contributed by atoms with van der Waals surface area (Å²) in [5.41, 5.74) is 0.851. The Morgan fingerprint density at radius 2 is 1.76 bits per heavy atom. The first-order valence-electron chi connectivity index (χ1n) is 9.26. The van der Waals surface area contributed by atoms with Gasteiger partial charge in [0, 0.05) is 13.1 Å². The second-order valence-corrected chi connectivity index (χ2v) is 7.08. The molecule has 4 rings (SSSR count). The molecule has 0 unspecified atom stereocenters. The molecule has 25 heavy (non-hydrogen) atoms. The van der Waals surface area contributed by atoms with E-state index in [2.05, 4.69) is 22.3 Å². The molecule has 0 aromatic heterocycles. The number of ether oxygens (including phenoxy) is 3. The van der Waals surface area contributed by atoms with Gasteiger partial charge in [0.15, 0.2) is 11.5 Å². The Balaban J connectivity index is 1.50. The number of nitrogens with one attached hydrogen (secondary N) is 1. The molecule has 1 amide bonds. The summed E-state index contributed by atoms with van der Waals surface area (Å²) in [5.74, 6) is 1.68. The number of hydrogen-bond donors (Lipinski definition) is 1. The van der Waals surface area contributed by atoms with Gasteiger partial charge in [-0.05, 0) is 30.5 Å². The molecule has 1 aliphatic carbocycles. The molecule has 3 aliphatic rings. The molecule has 2 aliphatic heterocycles. The number of amides is 1. The average Bonchev–Trinajstić information content (AvgIpc) is 3.11. The number of benzene rings is 1. The van der Waals surface area contributed by atoms with Crippen molar-refractivity contribution in [1.29, 1.82) is 0 Å². The summed E-state index contributed by atoms with van der Waals surface area (Å²) < 4.78 is 16.7. The number of hydrogen-bond acceptors (Lipinski definition) is 5. The minimum Gasteiger partial charge on any atom is -0.486 e. The molecule has 0 radical (unpaired) electrons. The molecule has 2 fully saturated rings. The van der Waals surface area contributed by atoms with Crippen molar-refractivity contribution in [2.45, 2.75) is 31.2 Å². The van der Waals surface area contributed by atoms with E-state index in [1.807, 2.05) is 6.07 Å². The summed E-state index contributed by atoms with van der Waals surface area (Å²) in [6.07, 6.45) is 4.21. The van der Waals surface area contributed by atoms with E-state index < -0.39 is 0 Å². The van der Waals surface area contributed by atoms with Crippen LogP contribution in [0, 0.1) is 0 Å². The van der Waals surface area contributed by atoms with Crippen molar-refractivity contribution in [3.05, 3.63) is 23.8 Å². The lowest BCUT2D eigenvalue weighted by Crippen LogP contribution is -2.49. The van der Waals surface area contributed by atoms with Gasteiger partial charge in [-0.25, -0.2) is 0 Å². The summed E-state index contributed by atoms with van der Waals surface area (Å²) >= 11 is 0. The molecule has 136 valence electrons. The first-order chi connectivity index (χ1) is 12.3. The van der Waals surface area contributed by atoms with Gasteiger partial charge in [-0.1, -0.05) is 18.9 Å². The van der Waals surface area contributed by atoms with E-state index in [0.29, 0.717) is 33.0 Å². The third-order valence-electron chi connectivity index (χ3n) is 5.40. The molecule has 2 heterocycles. The van der Waals surface area contributed by atoms with E-state index in [4.69, 9.17) is 14.2 Å². The third-order valence-corrected chi connectivity index (χ3v) is 5.40. The summed E-state index contributed by atoms with van der Waals surface area (Å²) in [6.45, 7) is 4.67. The Morgan fingerprint density at radius 3 is 2.52 bits per heavy atom.